The van der Waals surface area contributed by atoms with Gasteiger partial charge in [-0.2, -0.15) is 0 Å². The molecule has 2 heterocycles. The first kappa shape index (κ1) is 11.7. The number of nitrogens with one attached hydrogen (secondary N) is 1. The number of hydrogen-bond acceptors (Lipinski definition) is 2. The van der Waals surface area contributed by atoms with E-state index in [1.54, 1.807) is 0 Å². The zero-order valence-corrected chi connectivity index (χ0v) is 10.9. The van der Waals surface area contributed by atoms with Crippen LogP contribution in [-0.2, 0) is 0 Å². The average molecular weight is 240 g/mol. The van der Waals surface area contributed by atoms with Gasteiger partial charge in [0.15, 0.2) is 0 Å². The molecule has 1 N–H and O–H groups in total. The second-order valence-electron chi connectivity index (χ2n) is 5.25. The van der Waals surface area contributed by atoms with Gasteiger partial charge in [-0.15, -0.1) is 0 Å². The van der Waals surface area contributed by atoms with Gasteiger partial charge in [0.25, 0.3) is 0 Å². The maximum atomic E-state index is 4.28. The number of rotatable bonds is 2. The lowest BCUT2D eigenvalue weighted by Crippen LogP contribution is -2.31. The van der Waals surface area contributed by atoms with Crippen molar-refractivity contribution in [3.63, 3.8) is 0 Å². The third kappa shape index (κ3) is 2.13. The highest BCUT2D eigenvalue weighted by Gasteiger charge is 2.22. The predicted molar refractivity (Wildman–Crippen MR) is 75.5 cm³/mol. The van der Waals surface area contributed by atoms with Crippen LogP contribution in [0.3, 0.4) is 0 Å². The van der Waals surface area contributed by atoms with E-state index in [1.807, 2.05) is 12.4 Å². The number of hydrogen-bond donors (Lipinski definition) is 1. The van der Waals surface area contributed by atoms with Gasteiger partial charge in [-0.3, -0.25) is 4.98 Å². The van der Waals surface area contributed by atoms with Gasteiger partial charge >= 0.3 is 0 Å². The minimum absolute atomic E-state index is 0.497. The van der Waals surface area contributed by atoms with Crippen molar-refractivity contribution in [3.05, 3.63) is 42.2 Å². The van der Waals surface area contributed by atoms with E-state index in [1.165, 1.54) is 35.6 Å². The number of aromatic nitrogens is 1. The molecule has 18 heavy (non-hydrogen) atoms. The summed E-state index contributed by atoms with van der Waals surface area (Å²) in [7, 11) is 0. The van der Waals surface area contributed by atoms with Crippen LogP contribution in [0.25, 0.3) is 10.8 Å². The van der Waals surface area contributed by atoms with E-state index in [0.29, 0.717) is 6.04 Å². The maximum absolute atomic E-state index is 4.28. The van der Waals surface area contributed by atoms with Crippen molar-refractivity contribution in [2.24, 2.45) is 5.92 Å². The molecule has 0 saturated carbocycles. The lowest BCUT2D eigenvalue weighted by molar-refractivity contribution is 0.300. The van der Waals surface area contributed by atoms with Crippen LogP contribution in [0.2, 0.25) is 0 Å². The lowest BCUT2D eigenvalue weighted by atomic mass is 9.86. The molecule has 2 atom stereocenters. The molecule has 2 aromatic rings. The zero-order chi connectivity index (χ0) is 12.4. The number of fused-ring (bicyclic) bond motifs is 1. The monoisotopic (exact) mass is 240 g/mol. The molecule has 2 heteroatoms. The summed E-state index contributed by atoms with van der Waals surface area (Å²) >= 11 is 0. The van der Waals surface area contributed by atoms with E-state index in [4.69, 9.17) is 0 Å². The van der Waals surface area contributed by atoms with Crippen LogP contribution >= 0.6 is 0 Å². The Morgan fingerprint density at radius 1 is 1.33 bits per heavy atom. The highest BCUT2D eigenvalue weighted by molar-refractivity contribution is 5.85. The van der Waals surface area contributed by atoms with Crippen molar-refractivity contribution in [1.82, 2.24) is 10.3 Å². The van der Waals surface area contributed by atoms with Crippen LogP contribution in [-0.4, -0.2) is 11.5 Å². The van der Waals surface area contributed by atoms with Gasteiger partial charge in [-0.05, 0) is 42.3 Å². The van der Waals surface area contributed by atoms with Gasteiger partial charge < -0.3 is 5.32 Å². The Hall–Kier alpha value is -1.41. The number of nitrogens with zero attached hydrogens (tertiary/aromatic N) is 1. The lowest BCUT2D eigenvalue weighted by Gasteiger charge is -2.30. The summed E-state index contributed by atoms with van der Waals surface area (Å²) in [4.78, 5) is 4.28. The number of pyridine rings is 1. The molecule has 0 bridgehead atoms. The SMILES string of the molecule is CCC1CCNC(c2cccc3ccncc23)C1. The van der Waals surface area contributed by atoms with Crippen molar-refractivity contribution in [3.8, 4) is 0 Å². The van der Waals surface area contributed by atoms with E-state index in [-0.39, 0.29) is 0 Å². The van der Waals surface area contributed by atoms with Gasteiger partial charge in [0, 0.05) is 23.8 Å². The van der Waals surface area contributed by atoms with Crippen LogP contribution in [0.1, 0.15) is 37.8 Å². The third-order valence-electron chi connectivity index (χ3n) is 4.18. The fourth-order valence-corrected chi connectivity index (χ4v) is 3.04. The second-order valence-corrected chi connectivity index (χ2v) is 5.25. The molecule has 3 rings (SSSR count). The molecule has 1 aromatic carbocycles. The van der Waals surface area contributed by atoms with Gasteiger partial charge in [0.1, 0.15) is 0 Å². The van der Waals surface area contributed by atoms with Gasteiger partial charge in [0.05, 0.1) is 0 Å². The molecule has 0 spiro atoms. The summed E-state index contributed by atoms with van der Waals surface area (Å²) in [5.41, 5.74) is 1.42. The Bertz CT molecular complexity index is 530. The predicted octanol–water partition coefficient (Wildman–Crippen LogP) is 3.69. The van der Waals surface area contributed by atoms with Crippen LogP contribution < -0.4 is 5.32 Å². The van der Waals surface area contributed by atoms with Crippen LogP contribution in [0.5, 0.6) is 0 Å². The van der Waals surface area contributed by atoms with E-state index in [0.717, 1.165) is 12.5 Å². The normalized spacial score (nSPS) is 24.3. The smallest absolute Gasteiger partial charge is 0.0349 e. The minimum atomic E-state index is 0.497. The van der Waals surface area contributed by atoms with E-state index in [9.17, 15) is 0 Å². The fraction of sp³-hybridized carbons (Fsp3) is 0.438. The second kappa shape index (κ2) is 5.07. The Kier molecular flexibility index (Phi) is 3.28. The zero-order valence-electron chi connectivity index (χ0n) is 10.9. The molecule has 0 aliphatic carbocycles. The Morgan fingerprint density at radius 3 is 3.17 bits per heavy atom. The van der Waals surface area contributed by atoms with E-state index >= 15 is 0 Å². The average Bonchev–Trinajstić information content (AvgIpc) is 2.47. The molecule has 1 aliphatic rings. The first-order valence-corrected chi connectivity index (χ1v) is 6.94. The highest BCUT2D eigenvalue weighted by atomic mass is 14.9. The van der Waals surface area contributed by atoms with Gasteiger partial charge in [-0.25, -0.2) is 0 Å². The third-order valence-corrected chi connectivity index (χ3v) is 4.18. The van der Waals surface area contributed by atoms with Crippen molar-refractivity contribution in [2.75, 3.05) is 6.54 Å². The maximum Gasteiger partial charge on any atom is 0.0349 e. The van der Waals surface area contributed by atoms with Crippen molar-refractivity contribution in [2.45, 2.75) is 32.2 Å². The number of piperidine rings is 1. The van der Waals surface area contributed by atoms with Crippen LogP contribution in [0.4, 0.5) is 0 Å². The first-order valence-electron chi connectivity index (χ1n) is 6.94. The Labute approximate surface area is 108 Å². The van der Waals surface area contributed by atoms with Gasteiger partial charge in [-0.1, -0.05) is 31.5 Å². The molecule has 94 valence electrons. The summed E-state index contributed by atoms with van der Waals surface area (Å²) in [6.45, 7) is 3.44. The van der Waals surface area contributed by atoms with Crippen molar-refractivity contribution in [1.29, 1.82) is 0 Å². The summed E-state index contributed by atoms with van der Waals surface area (Å²) in [5, 5.41) is 6.26. The first-order chi connectivity index (χ1) is 8.88. The topological polar surface area (TPSA) is 24.9 Å². The molecular weight excluding hydrogens is 220 g/mol. The standard InChI is InChI=1S/C16H20N2/c1-2-12-6-9-18-16(10-12)14-5-3-4-13-7-8-17-11-15(13)14/h3-5,7-8,11-12,16,18H,2,6,9-10H2,1H3. The Balaban J connectivity index is 1.98. The minimum Gasteiger partial charge on any atom is -0.310 e. The Morgan fingerprint density at radius 2 is 2.28 bits per heavy atom. The molecule has 0 radical (unpaired) electrons. The molecule has 1 saturated heterocycles. The molecule has 1 aliphatic heterocycles. The molecule has 2 unspecified atom stereocenters. The molecule has 0 amide bonds. The molecule has 1 aromatic heterocycles. The fourth-order valence-electron chi connectivity index (χ4n) is 3.04. The largest absolute Gasteiger partial charge is 0.310 e. The summed E-state index contributed by atoms with van der Waals surface area (Å²) < 4.78 is 0. The van der Waals surface area contributed by atoms with Crippen LogP contribution in [0.15, 0.2) is 36.7 Å². The summed E-state index contributed by atoms with van der Waals surface area (Å²) in [6, 6.07) is 9.17. The van der Waals surface area contributed by atoms with E-state index in [2.05, 4.69) is 41.5 Å². The molecule has 2 nitrogen and oxygen atoms in total. The summed E-state index contributed by atoms with van der Waals surface area (Å²) in [6.07, 6.45) is 7.74. The van der Waals surface area contributed by atoms with Crippen molar-refractivity contribution >= 4 is 10.8 Å². The molecule has 1 fully saturated rings. The van der Waals surface area contributed by atoms with Crippen molar-refractivity contribution < 1.29 is 0 Å². The van der Waals surface area contributed by atoms with Gasteiger partial charge in [0.2, 0.25) is 0 Å². The molecular formula is C16H20N2. The highest BCUT2D eigenvalue weighted by Crippen LogP contribution is 2.32. The quantitative estimate of drug-likeness (QED) is 0.866. The number of benzene rings is 1. The summed E-state index contributed by atoms with van der Waals surface area (Å²) in [5.74, 6) is 0.864. The van der Waals surface area contributed by atoms with Crippen LogP contribution in [0, 0.1) is 5.92 Å². The van der Waals surface area contributed by atoms with E-state index < -0.39 is 0 Å².